The van der Waals surface area contributed by atoms with Crippen LogP contribution in [-0.4, -0.2) is 48.9 Å². The molecular formula is C27H35N3O4. The number of benzene rings is 2. The zero-order valence-electron chi connectivity index (χ0n) is 20.6. The second kappa shape index (κ2) is 9.57. The maximum Gasteiger partial charge on any atom is 0.409 e. The molecule has 2 aliphatic heterocycles. The van der Waals surface area contributed by atoms with Gasteiger partial charge in [-0.3, -0.25) is 0 Å². The molecule has 1 saturated heterocycles. The van der Waals surface area contributed by atoms with Crippen molar-refractivity contribution in [3.8, 4) is 16.9 Å². The summed E-state index contributed by atoms with van der Waals surface area (Å²) in [6.45, 7) is 10.3. The number of nitrogens with one attached hydrogen (secondary N) is 2. The van der Waals surface area contributed by atoms with E-state index in [9.17, 15) is 9.59 Å². The summed E-state index contributed by atoms with van der Waals surface area (Å²) in [6, 6.07) is 13.9. The Morgan fingerprint density at radius 2 is 1.74 bits per heavy atom. The molecule has 7 nitrogen and oxygen atoms in total. The molecule has 2 aromatic rings. The molecule has 3 amide bonds. The van der Waals surface area contributed by atoms with E-state index in [4.69, 9.17) is 9.47 Å². The van der Waals surface area contributed by atoms with Crippen molar-refractivity contribution < 1.29 is 19.1 Å². The number of hydrogen-bond donors (Lipinski definition) is 2. The lowest BCUT2D eigenvalue weighted by atomic mass is 9.86. The fraction of sp³-hybridized carbons (Fsp3) is 0.481. The summed E-state index contributed by atoms with van der Waals surface area (Å²) in [7, 11) is 0. The van der Waals surface area contributed by atoms with Gasteiger partial charge in [-0.1, -0.05) is 39.0 Å². The number of likely N-dealkylation sites (tertiary alicyclic amines) is 1. The lowest BCUT2D eigenvalue weighted by molar-refractivity contribution is 0.00956. The molecule has 0 aliphatic carbocycles. The van der Waals surface area contributed by atoms with E-state index in [1.165, 1.54) is 5.56 Å². The largest absolute Gasteiger partial charge is 0.487 e. The monoisotopic (exact) mass is 465 g/mol. The normalized spacial score (nSPS) is 16.5. The quantitative estimate of drug-likeness (QED) is 0.629. The number of urea groups is 1. The minimum atomic E-state index is -0.248. The van der Waals surface area contributed by atoms with Crippen LogP contribution in [0.3, 0.4) is 0 Å². The summed E-state index contributed by atoms with van der Waals surface area (Å²) in [6.07, 6.45) is 2.20. The third-order valence-corrected chi connectivity index (χ3v) is 6.27. The minimum Gasteiger partial charge on any atom is -0.487 e. The van der Waals surface area contributed by atoms with Crippen LogP contribution in [0, 0.1) is 5.41 Å². The van der Waals surface area contributed by atoms with Crippen LogP contribution in [0.25, 0.3) is 11.1 Å². The van der Waals surface area contributed by atoms with Crippen LogP contribution >= 0.6 is 0 Å². The van der Waals surface area contributed by atoms with Gasteiger partial charge in [-0.15, -0.1) is 0 Å². The molecule has 0 bridgehead atoms. The first kappa shape index (κ1) is 23.9. The molecule has 2 N–H and O–H groups in total. The van der Waals surface area contributed by atoms with Crippen molar-refractivity contribution in [3.05, 3.63) is 48.0 Å². The maximum absolute atomic E-state index is 12.4. The zero-order valence-corrected chi connectivity index (χ0v) is 20.6. The van der Waals surface area contributed by atoms with Gasteiger partial charge in [0, 0.05) is 44.6 Å². The lowest BCUT2D eigenvalue weighted by Gasteiger charge is -2.38. The van der Waals surface area contributed by atoms with Gasteiger partial charge >= 0.3 is 12.1 Å². The van der Waals surface area contributed by atoms with E-state index in [2.05, 4.69) is 43.5 Å². The predicted molar refractivity (Wildman–Crippen MR) is 133 cm³/mol. The molecule has 0 unspecified atom stereocenters. The Morgan fingerprint density at radius 1 is 1.06 bits per heavy atom. The second-order valence-electron chi connectivity index (χ2n) is 10.4. The van der Waals surface area contributed by atoms with Crippen molar-refractivity contribution in [2.75, 3.05) is 31.6 Å². The smallest absolute Gasteiger partial charge is 0.409 e. The highest BCUT2D eigenvalue weighted by Gasteiger charge is 2.43. The summed E-state index contributed by atoms with van der Waals surface area (Å²) in [5.41, 5.74) is 3.87. The standard InChI is InChI=1S/C27H35N3O4/c1-5-28-24(31)29-22-9-6-19(7-10-22)20-8-11-23-21(16-20)17-27(34-23)12-14-30(15-13-27)25(32)33-18-26(2,3)4/h6-11,16H,5,12-15,17-18H2,1-4H3,(H2,28,29,31). The molecule has 2 aromatic carbocycles. The highest BCUT2D eigenvalue weighted by Crippen LogP contribution is 2.42. The third-order valence-electron chi connectivity index (χ3n) is 6.27. The number of fused-ring (bicyclic) bond motifs is 1. The van der Waals surface area contributed by atoms with Crippen molar-refractivity contribution in [3.63, 3.8) is 0 Å². The Balaban J connectivity index is 1.36. The Bertz CT molecular complexity index is 1030. The van der Waals surface area contributed by atoms with Crippen LogP contribution in [0.15, 0.2) is 42.5 Å². The third kappa shape index (κ3) is 5.64. The van der Waals surface area contributed by atoms with E-state index < -0.39 is 0 Å². The Hall–Kier alpha value is -3.22. The van der Waals surface area contributed by atoms with Crippen LogP contribution < -0.4 is 15.4 Å². The predicted octanol–water partition coefficient (Wildman–Crippen LogP) is 5.45. The number of hydrogen-bond acceptors (Lipinski definition) is 4. The van der Waals surface area contributed by atoms with Crippen molar-refractivity contribution in [1.29, 1.82) is 0 Å². The van der Waals surface area contributed by atoms with Gasteiger partial charge in [-0.05, 0) is 53.3 Å². The minimum absolute atomic E-state index is 0.0406. The van der Waals surface area contributed by atoms with Crippen molar-refractivity contribution in [2.45, 2.75) is 52.6 Å². The molecule has 7 heteroatoms. The average Bonchev–Trinajstić information content (AvgIpc) is 3.15. The average molecular weight is 466 g/mol. The molecular weight excluding hydrogens is 430 g/mol. The van der Waals surface area contributed by atoms with E-state index in [-0.39, 0.29) is 23.1 Å². The maximum atomic E-state index is 12.4. The molecule has 2 aliphatic rings. The van der Waals surface area contributed by atoms with Crippen molar-refractivity contribution >= 4 is 17.8 Å². The molecule has 0 atom stereocenters. The number of carbonyl (C=O) groups excluding carboxylic acids is 2. The van der Waals surface area contributed by atoms with Gasteiger partial charge in [-0.2, -0.15) is 0 Å². The van der Waals surface area contributed by atoms with Gasteiger partial charge in [0.25, 0.3) is 0 Å². The molecule has 1 fully saturated rings. The number of carbonyl (C=O) groups is 2. The molecule has 182 valence electrons. The van der Waals surface area contributed by atoms with Crippen LogP contribution in [-0.2, 0) is 11.2 Å². The summed E-state index contributed by atoms with van der Waals surface area (Å²) in [5, 5.41) is 5.55. The first-order valence-corrected chi connectivity index (χ1v) is 12.1. The molecule has 4 rings (SSSR count). The van der Waals surface area contributed by atoms with E-state index in [1.54, 1.807) is 4.90 Å². The van der Waals surface area contributed by atoms with E-state index in [0.717, 1.165) is 41.8 Å². The van der Waals surface area contributed by atoms with Gasteiger partial charge in [0.1, 0.15) is 11.4 Å². The second-order valence-corrected chi connectivity index (χ2v) is 10.4. The van der Waals surface area contributed by atoms with Gasteiger partial charge < -0.3 is 25.0 Å². The number of ether oxygens (including phenoxy) is 2. The summed E-state index contributed by atoms with van der Waals surface area (Å²) < 4.78 is 11.9. The van der Waals surface area contributed by atoms with Gasteiger partial charge in [0.2, 0.25) is 0 Å². The molecule has 1 spiro atoms. The molecule has 0 aromatic heterocycles. The number of nitrogens with zero attached hydrogens (tertiary/aromatic N) is 1. The molecule has 0 radical (unpaired) electrons. The van der Waals surface area contributed by atoms with Crippen LogP contribution in [0.4, 0.5) is 15.3 Å². The number of anilines is 1. The molecule has 0 saturated carbocycles. The van der Waals surface area contributed by atoms with Gasteiger partial charge in [0.15, 0.2) is 0 Å². The topological polar surface area (TPSA) is 79.9 Å². The Morgan fingerprint density at radius 3 is 2.38 bits per heavy atom. The highest BCUT2D eigenvalue weighted by molar-refractivity contribution is 5.89. The van der Waals surface area contributed by atoms with Crippen molar-refractivity contribution in [1.82, 2.24) is 10.2 Å². The summed E-state index contributed by atoms with van der Waals surface area (Å²) in [5.74, 6) is 0.932. The lowest BCUT2D eigenvalue weighted by Crippen LogP contribution is -2.49. The fourth-order valence-corrected chi connectivity index (χ4v) is 4.44. The number of piperidine rings is 1. The Kier molecular flexibility index (Phi) is 6.73. The summed E-state index contributed by atoms with van der Waals surface area (Å²) >= 11 is 0. The zero-order chi connectivity index (χ0) is 24.3. The van der Waals surface area contributed by atoms with E-state index in [1.807, 2.05) is 37.3 Å². The van der Waals surface area contributed by atoms with Crippen LogP contribution in [0.1, 0.15) is 46.1 Å². The first-order valence-electron chi connectivity index (χ1n) is 12.1. The SMILES string of the molecule is CCNC(=O)Nc1ccc(-c2ccc3c(c2)CC2(CCN(C(=O)OCC(C)(C)C)CC2)O3)cc1. The van der Waals surface area contributed by atoms with Gasteiger partial charge in [0.05, 0.1) is 6.61 Å². The highest BCUT2D eigenvalue weighted by atomic mass is 16.6. The fourth-order valence-electron chi connectivity index (χ4n) is 4.44. The van der Waals surface area contributed by atoms with Crippen LogP contribution in [0.5, 0.6) is 5.75 Å². The number of amides is 3. The Labute approximate surface area is 201 Å². The molecule has 34 heavy (non-hydrogen) atoms. The molecule has 2 heterocycles. The van der Waals surface area contributed by atoms with Crippen molar-refractivity contribution in [2.24, 2.45) is 5.41 Å². The van der Waals surface area contributed by atoms with Crippen LogP contribution in [0.2, 0.25) is 0 Å². The summed E-state index contributed by atoms with van der Waals surface area (Å²) in [4.78, 5) is 25.9. The van der Waals surface area contributed by atoms with Gasteiger partial charge in [-0.25, -0.2) is 9.59 Å². The van der Waals surface area contributed by atoms with E-state index in [0.29, 0.717) is 26.2 Å². The number of rotatable bonds is 4. The first-order chi connectivity index (χ1) is 16.2. The van der Waals surface area contributed by atoms with E-state index >= 15 is 0 Å².